The second kappa shape index (κ2) is 6.41. The van der Waals surface area contributed by atoms with Crippen LogP contribution in [0.5, 0.6) is 0 Å². The van der Waals surface area contributed by atoms with Gasteiger partial charge < -0.3 is 15.0 Å². The number of hydrogen-bond acceptors (Lipinski definition) is 3. The zero-order chi connectivity index (χ0) is 13.0. The Hall–Kier alpha value is -0.770. The molecular formula is C14H21ClN2O. The van der Waals surface area contributed by atoms with Crippen molar-refractivity contribution >= 4 is 17.3 Å². The molecule has 0 amide bonds. The molecule has 0 bridgehead atoms. The van der Waals surface area contributed by atoms with Gasteiger partial charge in [-0.05, 0) is 37.6 Å². The van der Waals surface area contributed by atoms with Crippen LogP contribution in [0.4, 0.5) is 5.69 Å². The largest absolute Gasteiger partial charge is 0.381 e. The lowest BCUT2D eigenvalue weighted by atomic mass is 10.0. The monoisotopic (exact) mass is 268 g/mol. The van der Waals surface area contributed by atoms with Crippen molar-refractivity contribution < 1.29 is 4.74 Å². The van der Waals surface area contributed by atoms with Gasteiger partial charge in [-0.1, -0.05) is 17.7 Å². The van der Waals surface area contributed by atoms with E-state index in [9.17, 15) is 0 Å². The van der Waals surface area contributed by atoms with Gasteiger partial charge >= 0.3 is 0 Å². The molecule has 1 heterocycles. The second-order valence-electron chi connectivity index (χ2n) is 4.73. The third-order valence-electron chi connectivity index (χ3n) is 3.53. The number of benzene rings is 1. The molecule has 1 aromatic rings. The van der Waals surface area contributed by atoms with Gasteiger partial charge in [-0.15, -0.1) is 0 Å². The lowest BCUT2D eigenvalue weighted by molar-refractivity contribution is 0.0819. The van der Waals surface area contributed by atoms with Crippen LogP contribution in [-0.2, 0) is 11.3 Å². The first kappa shape index (κ1) is 13.7. The van der Waals surface area contributed by atoms with Crippen molar-refractivity contribution in [2.45, 2.75) is 25.5 Å². The van der Waals surface area contributed by atoms with E-state index in [2.05, 4.69) is 22.3 Å². The van der Waals surface area contributed by atoms with Gasteiger partial charge in [0.2, 0.25) is 0 Å². The SMILES string of the molecule is CNCc1ccc(Cl)cc1N1CCC(OC)CC1. The van der Waals surface area contributed by atoms with Gasteiger partial charge in [0.1, 0.15) is 0 Å². The van der Waals surface area contributed by atoms with Crippen molar-refractivity contribution in [3.63, 3.8) is 0 Å². The summed E-state index contributed by atoms with van der Waals surface area (Å²) < 4.78 is 5.41. The molecule has 18 heavy (non-hydrogen) atoms. The first-order valence-corrected chi connectivity index (χ1v) is 6.83. The van der Waals surface area contributed by atoms with Crippen LogP contribution in [0.2, 0.25) is 5.02 Å². The summed E-state index contributed by atoms with van der Waals surface area (Å²) in [5.74, 6) is 0. The highest BCUT2D eigenvalue weighted by Gasteiger charge is 2.20. The molecule has 4 heteroatoms. The summed E-state index contributed by atoms with van der Waals surface area (Å²) in [5.41, 5.74) is 2.56. The van der Waals surface area contributed by atoms with E-state index >= 15 is 0 Å². The first-order chi connectivity index (χ1) is 8.74. The minimum absolute atomic E-state index is 0.410. The highest BCUT2D eigenvalue weighted by molar-refractivity contribution is 6.30. The molecule has 0 aliphatic carbocycles. The van der Waals surface area contributed by atoms with Crippen molar-refractivity contribution in [1.82, 2.24) is 5.32 Å². The number of methoxy groups -OCH3 is 1. The van der Waals surface area contributed by atoms with Gasteiger partial charge in [-0.25, -0.2) is 0 Å². The molecule has 2 rings (SSSR count). The molecule has 1 aliphatic heterocycles. The molecule has 100 valence electrons. The predicted octanol–water partition coefficient (Wildman–Crippen LogP) is 2.67. The Morgan fingerprint density at radius 3 is 2.72 bits per heavy atom. The molecule has 0 saturated carbocycles. The Kier molecular flexibility index (Phi) is 4.87. The predicted molar refractivity (Wildman–Crippen MR) is 76.5 cm³/mol. The van der Waals surface area contributed by atoms with E-state index in [0.717, 1.165) is 37.5 Å². The van der Waals surface area contributed by atoms with E-state index in [4.69, 9.17) is 16.3 Å². The van der Waals surface area contributed by atoms with E-state index < -0.39 is 0 Å². The molecule has 1 fully saturated rings. The van der Waals surface area contributed by atoms with E-state index in [1.165, 1.54) is 11.3 Å². The second-order valence-corrected chi connectivity index (χ2v) is 5.16. The van der Waals surface area contributed by atoms with Crippen molar-refractivity contribution in [3.05, 3.63) is 28.8 Å². The number of ether oxygens (including phenoxy) is 1. The van der Waals surface area contributed by atoms with Crippen LogP contribution >= 0.6 is 11.6 Å². The summed E-state index contributed by atoms with van der Waals surface area (Å²) in [7, 11) is 3.77. The maximum Gasteiger partial charge on any atom is 0.0605 e. The van der Waals surface area contributed by atoms with Crippen LogP contribution < -0.4 is 10.2 Å². The van der Waals surface area contributed by atoms with Crippen molar-refractivity contribution in [3.8, 4) is 0 Å². The highest BCUT2D eigenvalue weighted by atomic mass is 35.5. The molecule has 1 saturated heterocycles. The van der Waals surface area contributed by atoms with E-state index in [-0.39, 0.29) is 0 Å². The topological polar surface area (TPSA) is 24.5 Å². The van der Waals surface area contributed by atoms with Crippen LogP contribution in [0.15, 0.2) is 18.2 Å². The normalized spacial score (nSPS) is 17.2. The van der Waals surface area contributed by atoms with E-state index in [1.807, 2.05) is 13.1 Å². The maximum absolute atomic E-state index is 6.12. The molecule has 0 aromatic heterocycles. The smallest absolute Gasteiger partial charge is 0.0605 e. The molecule has 0 unspecified atom stereocenters. The standard InChI is InChI=1S/C14H21ClN2O/c1-16-10-11-3-4-12(15)9-14(11)17-7-5-13(18-2)6-8-17/h3-4,9,13,16H,5-8,10H2,1-2H3. The van der Waals surface area contributed by atoms with Gasteiger partial charge in [-0.2, -0.15) is 0 Å². The molecule has 0 radical (unpaired) electrons. The van der Waals surface area contributed by atoms with E-state index in [1.54, 1.807) is 7.11 Å². The number of piperidine rings is 1. The quantitative estimate of drug-likeness (QED) is 0.909. The Balaban J connectivity index is 2.14. The fourth-order valence-electron chi connectivity index (χ4n) is 2.50. The van der Waals surface area contributed by atoms with Gasteiger partial charge in [0.25, 0.3) is 0 Å². The van der Waals surface area contributed by atoms with Crippen molar-refractivity contribution in [2.24, 2.45) is 0 Å². The number of nitrogens with one attached hydrogen (secondary N) is 1. The fraction of sp³-hybridized carbons (Fsp3) is 0.571. The minimum Gasteiger partial charge on any atom is -0.381 e. The van der Waals surface area contributed by atoms with Crippen LogP contribution in [0, 0.1) is 0 Å². The zero-order valence-corrected chi connectivity index (χ0v) is 11.8. The molecule has 1 N–H and O–H groups in total. The van der Waals surface area contributed by atoms with Gasteiger partial charge in [0.15, 0.2) is 0 Å². The van der Waals surface area contributed by atoms with Crippen molar-refractivity contribution in [1.29, 1.82) is 0 Å². The molecule has 1 aromatic carbocycles. The molecule has 3 nitrogen and oxygen atoms in total. The third kappa shape index (κ3) is 3.16. The van der Waals surface area contributed by atoms with Gasteiger partial charge in [-0.3, -0.25) is 0 Å². The molecule has 1 aliphatic rings. The number of halogens is 1. The Labute approximate surface area is 114 Å². The van der Waals surface area contributed by atoms with Crippen molar-refractivity contribution in [2.75, 3.05) is 32.1 Å². The van der Waals surface area contributed by atoms with Gasteiger partial charge in [0, 0.05) is 37.5 Å². The lowest BCUT2D eigenvalue weighted by Crippen LogP contribution is -2.37. The minimum atomic E-state index is 0.410. The third-order valence-corrected chi connectivity index (χ3v) is 3.77. The lowest BCUT2D eigenvalue weighted by Gasteiger charge is -2.34. The number of hydrogen-bond donors (Lipinski definition) is 1. The summed E-state index contributed by atoms with van der Waals surface area (Å²) in [6.45, 7) is 2.95. The average molecular weight is 269 g/mol. The number of anilines is 1. The van der Waals surface area contributed by atoms with Crippen LogP contribution in [-0.4, -0.2) is 33.4 Å². The van der Waals surface area contributed by atoms with E-state index in [0.29, 0.717) is 6.10 Å². The summed E-state index contributed by atoms with van der Waals surface area (Å²) in [6, 6.07) is 6.14. The van der Waals surface area contributed by atoms with Crippen LogP contribution in [0.1, 0.15) is 18.4 Å². The average Bonchev–Trinajstić information content (AvgIpc) is 2.41. The summed E-state index contributed by atoms with van der Waals surface area (Å²) in [4.78, 5) is 2.41. The zero-order valence-electron chi connectivity index (χ0n) is 11.1. The first-order valence-electron chi connectivity index (χ1n) is 6.45. The molecular weight excluding hydrogens is 248 g/mol. The molecule has 0 spiro atoms. The summed E-state index contributed by atoms with van der Waals surface area (Å²) in [6.07, 6.45) is 2.58. The highest BCUT2D eigenvalue weighted by Crippen LogP contribution is 2.28. The summed E-state index contributed by atoms with van der Waals surface area (Å²) in [5, 5.41) is 4.01. The van der Waals surface area contributed by atoms with Crippen LogP contribution in [0.25, 0.3) is 0 Å². The van der Waals surface area contributed by atoms with Crippen LogP contribution in [0.3, 0.4) is 0 Å². The summed E-state index contributed by atoms with van der Waals surface area (Å²) >= 11 is 6.12. The Morgan fingerprint density at radius 1 is 1.39 bits per heavy atom. The van der Waals surface area contributed by atoms with Gasteiger partial charge in [0.05, 0.1) is 6.10 Å². The Bertz CT molecular complexity index is 389. The molecule has 0 atom stereocenters. The maximum atomic E-state index is 6.12. The number of rotatable bonds is 4. The number of nitrogens with zero attached hydrogens (tertiary/aromatic N) is 1. The Morgan fingerprint density at radius 2 is 2.11 bits per heavy atom. The fourth-order valence-corrected chi connectivity index (χ4v) is 2.67.